The van der Waals surface area contributed by atoms with Crippen molar-refractivity contribution in [1.29, 1.82) is 0 Å². The predicted octanol–water partition coefficient (Wildman–Crippen LogP) is 2.68. The normalized spacial score (nSPS) is 11.7. The van der Waals surface area contributed by atoms with Crippen LogP contribution < -0.4 is 10.6 Å². The van der Waals surface area contributed by atoms with Gasteiger partial charge in [-0.1, -0.05) is 57.1 Å². The van der Waals surface area contributed by atoms with Gasteiger partial charge in [0, 0.05) is 8.58 Å². The fraction of sp³-hybridized carbons (Fsp3) is 0.0769. The maximum absolute atomic E-state index is 2.24. The predicted molar refractivity (Wildman–Crippen MR) is 75.0 cm³/mol. The molecular formula is C13H15P2+. The Hall–Kier alpha value is -0.700. The fourth-order valence-corrected chi connectivity index (χ4v) is 4.65. The summed E-state index contributed by atoms with van der Waals surface area (Å²) in [6, 6.07) is 21.6. The molecule has 0 radical (unpaired) electrons. The molecule has 15 heavy (non-hydrogen) atoms. The van der Waals surface area contributed by atoms with Crippen LogP contribution in [0, 0.1) is 0 Å². The number of hydrogen-bond donors (Lipinski definition) is 0. The lowest BCUT2D eigenvalue weighted by atomic mass is 10.4. The molecule has 0 fully saturated rings. The van der Waals surface area contributed by atoms with Gasteiger partial charge in [-0.2, -0.15) is 0 Å². The van der Waals surface area contributed by atoms with Gasteiger partial charge in [-0.25, -0.2) is 0 Å². The molecule has 2 aromatic carbocycles. The highest BCUT2D eigenvalue weighted by molar-refractivity contribution is 7.64. The van der Waals surface area contributed by atoms with Crippen molar-refractivity contribution >= 4 is 27.8 Å². The molecular weight excluding hydrogens is 218 g/mol. The highest BCUT2D eigenvalue weighted by Crippen LogP contribution is 2.22. The average molecular weight is 233 g/mol. The van der Waals surface area contributed by atoms with E-state index in [0.29, 0.717) is 8.58 Å². The van der Waals surface area contributed by atoms with Crippen LogP contribution in [-0.4, -0.2) is 5.90 Å². The van der Waals surface area contributed by atoms with Crippen molar-refractivity contribution in [2.75, 3.05) is 5.90 Å². The summed E-state index contributed by atoms with van der Waals surface area (Å²) >= 11 is 0. The lowest BCUT2D eigenvalue weighted by Crippen LogP contribution is -1.95. The van der Waals surface area contributed by atoms with Crippen LogP contribution in [0.15, 0.2) is 60.7 Å². The third-order valence-electron chi connectivity index (χ3n) is 2.22. The van der Waals surface area contributed by atoms with Gasteiger partial charge in [0.25, 0.3) is 0 Å². The number of benzene rings is 2. The minimum absolute atomic E-state index is 0.450. The molecule has 2 unspecified atom stereocenters. The molecule has 2 heteroatoms. The molecule has 0 N–H and O–H groups in total. The smallest absolute Gasteiger partial charge is 0.0622 e. The first-order valence-electron chi connectivity index (χ1n) is 5.12. The molecule has 0 bridgehead atoms. The highest BCUT2D eigenvalue weighted by Gasteiger charge is 1.99. The van der Waals surface area contributed by atoms with Crippen LogP contribution >= 0.6 is 17.2 Å². The number of rotatable bonds is 4. The first-order valence-corrected chi connectivity index (χ1v) is 7.72. The molecule has 0 nitrogen and oxygen atoms in total. The SMILES string of the molecule is c1ccc(PC[PH2+]c2ccccc2)cc1. The van der Waals surface area contributed by atoms with Crippen LogP contribution in [0.3, 0.4) is 0 Å². The van der Waals surface area contributed by atoms with E-state index in [1.807, 2.05) is 0 Å². The van der Waals surface area contributed by atoms with Gasteiger partial charge in [0.15, 0.2) is 0 Å². The van der Waals surface area contributed by atoms with Crippen LogP contribution in [0.25, 0.3) is 0 Å². The summed E-state index contributed by atoms with van der Waals surface area (Å²) in [4.78, 5) is 0. The first kappa shape index (κ1) is 10.8. The molecule has 0 heterocycles. The highest BCUT2D eigenvalue weighted by atomic mass is 31.1. The van der Waals surface area contributed by atoms with E-state index < -0.39 is 0 Å². The Kier molecular flexibility index (Phi) is 4.33. The van der Waals surface area contributed by atoms with Crippen molar-refractivity contribution in [3.8, 4) is 0 Å². The second-order valence-electron chi connectivity index (χ2n) is 3.36. The van der Waals surface area contributed by atoms with E-state index >= 15 is 0 Å². The van der Waals surface area contributed by atoms with Crippen molar-refractivity contribution in [3.05, 3.63) is 60.7 Å². The molecule has 0 saturated heterocycles. The average Bonchev–Trinajstić information content (AvgIpc) is 2.32. The molecule has 76 valence electrons. The standard InChI is InChI=1S/C13H14P2/c1-3-7-12(8-4-1)14-11-15-13-9-5-2-6-10-13/h1-10,14-15H,11H2/p+1. The van der Waals surface area contributed by atoms with Crippen LogP contribution in [0.4, 0.5) is 0 Å². The van der Waals surface area contributed by atoms with Crippen molar-refractivity contribution in [2.45, 2.75) is 0 Å². The summed E-state index contributed by atoms with van der Waals surface area (Å²) in [7, 11) is 1.42. The van der Waals surface area contributed by atoms with Crippen LogP contribution in [0.5, 0.6) is 0 Å². The lowest BCUT2D eigenvalue weighted by molar-refractivity contribution is 1.77. The zero-order chi connectivity index (χ0) is 10.3. The monoisotopic (exact) mass is 233 g/mol. The van der Waals surface area contributed by atoms with E-state index in [4.69, 9.17) is 0 Å². The van der Waals surface area contributed by atoms with E-state index in [9.17, 15) is 0 Å². The first-order chi connectivity index (χ1) is 7.45. The van der Waals surface area contributed by atoms with Crippen LogP contribution in [0.2, 0.25) is 0 Å². The molecule has 2 aromatic rings. The van der Waals surface area contributed by atoms with Crippen LogP contribution in [-0.2, 0) is 0 Å². The van der Waals surface area contributed by atoms with Crippen molar-refractivity contribution < 1.29 is 0 Å². The Morgan fingerprint density at radius 2 is 1.40 bits per heavy atom. The van der Waals surface area contributed by atoms with Gasteiger partial charge < -0.3 is 0 Å². The van der Waals surface area contributed by atoms with Crippen molar-refractivity contribution in [2.24, 2.45) is 0 Å². The summed E-state index contributed by atoms with van der Waals surface area (Å²) in [6.45, 7) is 0. The minimum Gasteiger partial charge on any atom is -0.0622 e. The van der Waals surface area contributed by atoms with E-state index in [-0.39, 0.29) is 0 Å². The molecule has 2 rings (SSSR count). The molecule has 0 spiro atoms. The Labute approximate surface area is 94.7 Å². The van der Waals surface area contributed by atoms with E-state index in [0.717, 1.165) is 8.58 Å². The zero-order valence-corrected chi connectivity index (χ0v) is 10.7. The van der Waals surface area contributed by atoms with Gasteiger partial charge in [0.2, 0.25) is 0 Å². The number of hydrogen-bond acceptors (Lipinski definition) is 0. The van der Waals surface area contributed by atoms with Crippen LogP contribution in [0.1, 0.15) is 0 Å². The molecule has 2 atom stereocenters. The second-order valence-corrected chi connectivity index (χ2v) is 7.00. The molecule has 0 aliphatic carbocycles. The Bertz CT molecular complexity index is 344. The van der Waals surface area contributed by atoms with Crippen molar-refractivity contribution in [1.82, 2.24) is 0 Å². The third-order valence-corrected chi connectivity index (χ3v) is 5.45. The van der Waals surface area contributed by atoms with Gasteiger partial charge in [0.05, 0.1) is 11.2 Å². The van der Waals surface area contributed by atoms with E-state index in [1.165, 1.54) is 16.5 Å². The summed E-state index contributed by atoms with van der Waals surface area (Å²) in [6.07, 6.45) is 0. The maximum Gasteiger partial charge on any atom is 0.0893 e. The van der Waals surface area contributed by atoms with Crippen molar-refractivity contribution in [3.63, 3.8) is 0 Å². The summed E-state index contributed by atoms with van der Waals surface area (Å²) in [5, 5.41) is 3.02. The van der Waals surface area contributed by atoms with Gasteiger partial charge in [-0.3, -0.25) is 0 Å². The maximum atomic E-state index is 2.24. The Morgan fingerprint density at radius 3 is 2.07 bits per heavy atom. The molecule has 0 aromatic heterocycles. The second kappa shape index (κ2) is 6.01. The lowest BCUT2D eigenvalue weighted by Gasteiger charge is -1.97. The van der Waals surface area contributed by atoms with Gasteiger partial charge >= 0.3 is 0 Å². The third kappa shape index (κ3) is 3.74. The summed E-state index contributed by atoms with van der Waals surface area (Å²) in [5.74, 6) is 1.34. The van der Waals surface area contributed by atoms with Gasteiger partial charge in [-0.15, -0.1) is 0 Å². The summed E-state index contributed by atoms with van der Waals surface area (Å²) < 4.78 is 0. The van der Waals surface area contributed by atoms with E-state index in [1.54, 1.807) is 0 Å². The zero-order valence-electron chi connectivity index (χ0n) is 8.56. The Morgan fingerprint density at radius 1 is 0.800 bits per heavy atom. The Balaban J connectivity index is 1.81. The molecule has 0 aliphatic rings. The molecule has 0 aliphatic heterocycles. The molecule has 0 amide bonds. The quantitative estimate of drug-likeness (QED) is 0.712. The molecule has 0 saturated carbocycles. The fourth-order valence-electron chi connectivity index (χ4n) is 1.43. The largest absolute Gasteiger partial charge is 0.0893 e. The van der Waals surface area contributed by atoms with Gasteiger partial charge in [-0.05, 0) is 17.4 Å². The summed E-state index contributed by atoms with van der Waals surface area (Å²) in [5.41, 5.74) is 0. The minimum atomic E-state index is 0.450. The topological polar surface area (TPSA) is 0 Å². The van der Waals surface area contributed by atoms with Gasteiger partial charge in [0.1, 0.15) is 0 Å². The van der Waals surface area contributed by atoms with E-state index in [2.05, 4.69) is 60.7 Å².